The third-order valence-corrected chi connectivity index (χ3v) is 3.93. The molecule has 0 spiro atoms. The van der Waals surface area contributed by atoms with Gasteiger partial charge in [0.25, 0.3) is 5.91 Å². The van der Waals surface area contributed by atoms with Gasteiger partial charge in [0.2, 0.25) is 0 Å². The first-order valence-electron chi connectivity index (χ1n) is 8.14. The lowest BCUT2D eigenvalue weighted by Crippen LogP contribution is -2.16. The number of pyridine rings is 1. The van der Waals surface area contributed by atoms with E-state index in [1.807, 2.05) is 19.9 Å². The molecule has 1 aliphatic rings. The maximum atomic E-state index is 11.7. The topological polar surface area (TPSA) is 83.7 Å². The van der Waals surface area contributed by atoms with Gasteiger partial charge in [0.05, 0.1) is 30.4 Å². The van der Waals surface area contributed by atoms with Gasteiger partial charge in [-0.3, -0.25) is 9.78 Å². The molecule has 2 N–H and O–H groups in total. The lowest BCUT2D eigenvalue weighted by atomic mass is 10.1. The molecule has 1 saturated heterocycles. The molecule has 2 aromatic rings. The lowest BCUT2D eigenvalue weighted by molar-refractivity contribution is 0.0994. The number of carbonyl (C=O) groups excluding carboxylic acids is 1. The smallest absolute Gasteiger partial charge is 0.252 e. The Kier molecular flexibility index (Phi) is 4.85. The van der Waals surface area contributed by atoms with Crippen molar-refractivity contribution in [2.24, 2.45) is 11.7 Å². The first-order valence-corrected chi connectivity index (χ1v) is 8.14. The quantitative estimate of drug-likeness (QED) is 0.880. The number of benzene rings is 1. The molecule has 0 aliphatic carbocycles. The molecule has 1 aliphatic heterocycles. The zero-order valence-corrected chi connectivity index (χ0v) is 14.0. The summed E-state index contributed by atoms with van der Waals surface area (Å²) in [6.07, 6.45) is 2.60. The molecule has 0 radical (unpaired) electrons. The Morgan fingerprint density at radius 2 is 2.25 bits per heavy atom. The predicted octanol–water partition coefficient (Wildman–Crippen LogP) is 2.54. The molecule has 6 heteroatoms. The van der Waals surface area contributed by atoms with Gasteiger partial charge in [0.15, 0.2) is 0 Å². The minimum Gasteiger partial charge on any atom is -0.492 e. The van der Waals surface area contributed by atoms with Gasteiger partial charge in [0, 0.05) is 24.1 Å². The molecule has 1 aromatic carbocycles. The molecule has 1 fully saturated rings. The number of nitrogens with two attached hydrogens (primary N) is 1. The maximum absolute atomic E-state index is 11.7. The average Bonchev–Trinajstić information content (AvgIpc) is 3.05. The Hall–Kier alpha value is -2.34. The summed E-state index contributed by atoms with van der Waals surface area (Å²) in [7, 11) is 0. The van der Waals surface area contributed by atoms with Crippen LogP contribution in [0, 0.1) is 5.92 Å². The summed E-state index contributed by atoms with van der Waals surface area (Å²) in [5.74, 6) is 1.04. The fraction of sp³-hybridized carbons (Fsp3) is 0.444. The van der Waals surface area contributed by atoms with Crippen molar-refractivity contribution in [1.29, 1.82) is 0 Å². The number of nitrogens with zero attached hydrogens (tertiary/aromatic N) is 1. The predicted molar refractivity (Wildman–Crippen MR) is 90.4 cm³/mol. The van der Waals surface area contributed by atoms with Crippen molar-refractivity contribution >= 4 is 16.8 Å². The summed E-state index contributed by atoms with van der Waals surface area (Å²) < 4.78 is 17.1. The van der Waals surface area contributed by atoms with Crippen LogP contribution in [-0.4, -0.2) is 36.8 Å². The molecule has 128 valence electrons. The Morgan fingerprint density at radius 1 is 1.42 bits per heavy atom. The molecule has 3 rings (SSSR count). The Balaban J connectivity index is 1.95. The highest BCUT2D eigenvalue weighted by atomic mass is 16.5. The number of hydrogen-bond acceptors (Lipinski definition) is 5. The van der Waals surface area contributed by atoms with Gasteiger partial charge in [-0.1, -0.05) is 0 Å². The molecule has 1 aromatic heterocycles. The SMILES string of the molecule is CC(C)Oc1cc2c(OC[C@@H]3CCOC3)ccnc2cc1C(N)=O. The lowest BCUT2D eigenvalue weighted by Gasteiger charge is -2.16. The number of hydrogen-bond donors (Lipinski definition) is 1. The van der Waals surface area contributed by atoms with Crippen LogP contribution < -0.4 is 15.2 Å². The zero-order valence-electron chi connectivity index (χ0n) is 14.0. The van der Waals surface area contributed by atoms with Crippen LogP contribution in [0.25, 0.3) is 10.9 Å². The molecule has 0 saturated carbocycles. The summed E-state index contributed by atoms with van der Waals surface area (Å²) in [6.45, 7) is 5.92. The molecule has 0 bridgehead atoms. The van der Waals surface area contributed by atoms with Crippen LogP contribution in [0.15, 0.2) is 24.4 Å². The van der Waals surface area contributed by atoms with E-state index >= 15 is 0 Å². The van der Waals surface area contributed by atoms with E-state index in [0.29, 0.717) is 29.4 Å². The van der Waals surface area contributed by atoms with Crippen molar-refractivity contribution in [1.82, 2.24) is 4.98 Å². The van der Waals surface area contributed by atoms with E-state index < -0.39 is 5.91 Å². The summed E-state index contributed by atoms with van der Waals surface area (Å²) in [4.78, 5) is 16.0. The van der Waals surface area contributed by atoms with Crippen molar-refractivity contribution in [3.8, 4) is 11.5 Å². The molecule has 24 heavy (non-hydrogen) atoms. The van der Waals surface area contributed by atoms with Gasteiger partial charge >= 0.3 is 0 Å². The van der Waals surface area contributed by atoms with Crippen LogP contribution in [-0.2, 0) is 4.74 Å². The van der Waals surface area contributed by atoms with Crippen LogP contribution in [0.3, 0.4) is 0 Å². The van der Waals surface area contributed by atoms with E-state index in [9.17, 15) is 4.79 Å². The highest BCUT2D eigenvalue weighted by molar-refractivity contribution is 6.01. The second-order valence-corrected chi connectivity index (χ2v) is 6.25. The van der Waals surface area contributed by atoms with E-state index in [1.54, 1.807) is 18.3 Å². The Morgan fingerprint density at radius 3 is 2.92 bits per heavy atom. The number of fused-ring (bicyclic) bond motifs is 1. The number of rotatable bonds is 6. The van der Waals surface area contributed by atoms with Crippen molar-refractivity contribution < 1.29 is 19.0 Å². The third kappa shape index (κ3) is 3.59. The van der Waals surface area contributed by atoms with Crippen molar-refractivity contribution in [3.05, 3.63) is 30.0 Å². The average molecular weight is 330 g/mol. The molecule has 6 nitrogen and oxygen atoms in total. The first kappa shape index (κ1) is 16.5. The van der Waals surface area contributed by atoms with Gasteiger partial charge < -0.3 is 19.9 Å². The molecule has 0 unspecified atom stereocenters. The third-order valence-electron chi connectivity index (χ3n) is 3.93. The van der Waals surface area contributed by atoms with Crippen molar-refractivity contribution in [2.45, 2.75) is 26.4 Å². The first-order chi connectivity index (χ1) is 11.5. The number of primary amides is 1. The summed E-state index contributed by atoms with van der Waals surface area (Å²) in [5.41, 5.74) is 6.45. The number of ether oxygens (including phenoxy) is 3. The van der Waals surface area contributed by atoms with Crippen LogP contribution in [0.4, 0.5) is 0 Å². The van der Waals surface area contributed by atoms with Crippen LogP contribution in [0.5, 0.6) is 11.5 Å². The summed E-state index contributed by atoms with van der Waals surface area (Å²) in [6, 6.07) is 5.26. The monoisotopic (exact) mass is 330 g/mol. The standard InChI is InChI=1S/C18H22N2O4/c1-11(2)24-17-8-13-15(7-14(17)18(19)21)20-5-3-16(13)23-10-12-4-6-22-9-12/h3,5,7-8,11-12H,4,6,9-10H2,1-2H3,(H2,19,21)/t12-/m1/s1. The zero-order chi connectivity index (χ0) is 17.1. The second kappa shape index (κ2) is 7.05. The summed E-state index contributed by atoms with van der Waals surface area (Å²) >= 11 is 0. The minimum absolute atomic E-state index is 0.0720. The molecule has 2 heterocycles. The molecular formula is C18H22N2O4. The van der Waals surface area contributed by atoms with Crippen LogP contribution in [0.1, 0.15) is 30.6 Å². The van der Waals surface area contributed by atoms with Gasteiger partial charge in [0.1, 0.15) is 11.5 Å². The van der Waals surface area contributed by atoms with E-state index in [-0.39, 0.29) is 6.10 Å². The highest BCUT2D eigenvalue weighted by Gasteiger charge is 2.18. The van der Waals surface area contributed by atoms with Crippen LogP contribution >= 0.6 is 0 Å². The van der Waals surface area contributed by atoms with E-state index in [0.717, 1.165) is 30.8 Å². The van der Waals surface area contributed by atoms with E-state index in [4.69, 9.17) is 19.9 Å². The Bertz CT molecular complexity index is 739. The highest BCUT2D eigenvalue weighted by Crippen LogP contribution is 2.32. The molecule has 1 amide bonds. The van der Waals surface area contributed by atoms with Gasteiger partial charge in [-0.15, -0.1) is 0 Å². The van der Waals surface area contributed by atoms with Crippen molar-refractivity contribution in [3.63, 3.8) is 0 Å². The number of amides is 1. The van der Waals surface area contributed by atoms with Gasteiger partial charge in [-0.25, -0.2) is 0 Å². The Labute approximate surface area is 140 Å². The summed E-state index contributed by atoms with van der Waals surface area (Å²) in [5, 5.41) is 0.803. The normalized spacial score (nSPS) is 17.4. The second-order valence-electron chi connectivity index (χ2n) is 6.25. The number of carbonyl (C=O) groups is 1. The molecule has 1 atom stereocenters. The fourth-order valence-corrected chi connectivity index (χ4v) is 2.74. The fourth-order valence-electron chi connectivity index (χ4n) is 2.74. The largest absolute Gasteiger partial charge is 0.492 e. The maximum Gasteiger partial charge on any atom is 0.252 e. The van der Waals surface area contributed by atoms with Gasteiger partial charge in [-0.2, -0.15) is 0 Å². The van der Waals surface area contributed by atoms with E-state index in [1.165, 1.54) is 0 Å². The van der Waals surface area contributed by atoms with Crippen LogP contribution in [0.2, 0.25) is 0 Å². The molecular weight excluding hydrogens is 308 g/mol. The van der Waals surface area contributed by atoms with Gasteiger partial charge in [-0.05, 0) is 38.5 Å². The van der Waals surface area contributed by atoms with Crippen molar-refractivity contribution in [2.75, 3.05) is 19.8 Å². The number of aromatic nitrogens is 1. The van der Waals surface area contributed by atoms with E-state index in [2.05, 4.69) is 4.98 Å². The minimum atomic E-state index is -0.538.